The lowest BCUT2D eigenvalue weighted by Crippen LogP contribution is -2.62. The highest BCUT2D eigenvalue weighted by atomic mass is 29.3. The van der Waals surface area contributed by atoms with E-state index in [9.17, 15) is 0 Å². The summed E-state index contributed by atoms with van der Waals surface area (Å²) in [4.78, 5) is 0. The van der Waals surface area contributed by atoms with Crippen molar-refractivity contribution in [2.24, 2.45) is 0 Å². The van der Waals surface area contributed by atoms with Crippen LogP contribution in [0.5, 0.6) is 0 Å². The summed E-state index contributed by atoms with van der Waals surface area (Å²) < 4.78 is 0. The van der Waals surface area contributed by atoms with Crippen LogP contribution in [0.15, 0.2) is 54.6 Å². The SMILES string of the molecule is CCCCC.CCCCC.C[Si](C)(C)CCC[Si](C)(C)[Si](C)(C)c1ccc(-c2ccccc2)cc1. The summed E-state index contributed by atoms with van der Waals surface area (Å²) in [5, 5.41) is 1.65. The molecular formula is C32H60Si3. The van der Waals surface area contributed by atoms with Gasteiger partial charge in [0, 0.05) is 15.7 Å². The van der Waals surface area contributed by atoms with Gasteiger partial charge in [-0.1, -0.05) is 190 Å². The van der Waals surface area contributed by atoms with Crippen LogP contribution in [0, 0.1) is 0 Å². The Morgan fingerprint density at radius 2 is 0.914 bits per heavy atom. The molecule has 0 atom stereocenters. The zero-order valence-corrected chi connectivity index (χ0v) is 28.6. The average Bonchev–Trinajstić information content (AvgIpc) is 2.80. The van der Waals surface area contributed by atoms with Gasteiger partial charge in [0.15, 0.2) is 0 Å². The lowest BCUT2D eigenvalue weighted by molar-refractivity contribution is 0.772. The van der Waals surface area contributed by atoms with E-state index in [0.717, 1.165) is 0 Å². The molecule has 3 heteroatoms. The zero-order chi connectivity index (χ0) is 27.0. The second-order valence-corrected chi connectivity index (χ2v) is 34.1. The number of unbranched alkanes of at least 4 members (excludes halogenated alkanes) is 4. The Hall–Kier alpha value is -0.909. The van der Waals surface area contributed by atoms with Crippen molar-refractivity contribution in [3.63, 3.8) is 0 Å². The maximum atomic E-state index is 2.65. The number of hydrogen-bond acceptors (Lipinski definition) is 0. The summed E-state index contributed by atoms with van der Waals surface area (Å²) in [5.41, 5.74) is 2.66. The minimum absolute atomic E-state index is 0.903. The van der Waals surface area contributed by atoms with E-state index in [2.05, 4.69) is 128 Å². The third-order valence-corrected chi connectivity index (χ3v) is 27.9. The molecule has 0 saturated carbocycles. The highest BCUT2D eigenvalue weighted by molar-refractivity contribution is 7.45. The largest absolute Gasteiger partial charge is 0.0738 e. The standard InChI is InChI=1S/C22H36Si3.2C5H12/c1-23(2,3)18-11-19-24(4,5)25(6,7)22-16-14-21(15-17-22)20-12-9-8-10-13-20;2*1-3-5-4-2/h8-10,12-17H,11,18-19H2,1-7H3;2*3-5H2,1-2H3. The van der Waals surface area contributed by atoms with Gasteiger partial charge in [-0.05, 0) is 11.1 Å². The quantitative estimate of drug-likeness (QED) is 0.254. The van der Waals surface area contributed by atoms with Crippen LogP contribution in [0.1, 0.15) is 72.6 Å². The topological polar surface area (TPSA) is 0 Å². The first-order valence-electron chi connectivity index (χ1n) is 14.5. The molecule has 0 aliphatic heterocycles. The van der Waals surface area contributed by atoms with E-state index in [1.54, 1.807) is 5.19 Å². The second-order valence-electron chi connectivity index (χ2n) is 12.6. The summed E-state index contributed by atoms with van der Waals surface area (Å²) >= 11 is 0. The molecule has 0 nitrogen and oxygen atoms in total. The molecule has 0 aliphatic rings. The van der Waals surface area contributed by atoms with Crippen LogP contribution >= 0.6 is 0 Å². The fraction of sp³-hybridized carbons (Fsp3) is 0.625. The Kier molecular flexibility index (Phi) is 17.1. The van der Waals surface area contributed by atoms with Crippen molar-refractivity contribution >= 4 is 28.4 Å². The summed E-state index contributed by atoms with van der Waals surface area (Å²) in [6, 6.07) is 23.3. The van der Waals surface area contributed by atoms with Crippen LogP contribution in [-0.2, 0) is 0 Å². The molecule has 200 valence electrons. The van der Waals surface area contributed by atoms with Gasteiger partial charge in [0.25, 0.3) is 0 Å². The minimum Gasteiger partial charge on any atom is -0.0710 e. The molecule has 0 heterocycles. The molecule has 2 rings (SSSR count). The summed E-state index contributed by atoms with van der Waals surface area (Å²) in [5.74, 6) is 0. The lowest BCUT2D eigenvalue weighted by Gasteiger charge is -2.39. The molecule has 0 spiro atoms. The van der Waals surface area contributed by atoms with Crippen LogP contribution in [0.25, 0.3) is 11.1 Å². The molecule has 0 aliphatic carbocycles. The van der Waals surface area contributed by atoms with Crippen molar-refractivity contribution in [2.45, 2.75) is 131 Å². The van der Waals surface area contributed by atoms with Gasteiger partial charge >= 0.3 is 0 Å². The molecule has 2 aromatic rings. The fourth-order valence-corrected chi connectivity index (χ4v) is 14.5. The molecule has 2 aromatic carbocycles. The minimum atomic E-state index is -1.37. The average molecular weight is 529 g/mol. The molecule has 0 radical (unpaired) electrons. The van der Waals surface area contributed by atoms with Crippen molar-refractivity contribution in [2.75, 3.05) is 0 Å². The van der Waals surface area contributed by atoms with Crippen molar-refractivity contribution in [3.8, 4) is 11.1 Å². The van der Waals surface area contributed by atoms with E-state index in [4.69, 9.17) is 0 Å². The maximum Gasteiger partial charge on any atom is 0.0738 e. The smallest absolute Gasteiger partial charge is 0.0710 e. The molecule has 0 fully saturated rings. The highest BCUT2D eigenvalue weighted by Gasteiger charge is 2.41. The first kappa shape index (κ1) is 34.1. The fourth-order valence-electron chi connectivity index (χ4n) is 4.18. The Labute approximate surface area is 224 Å². The van der Waals surface area contributed by atoms with Gasteiger partial charge in [0.2, 0.25) is 0 Å². The summed E-state index contributed by atoms with van der Waals surface area (Å²) in [6.45, 7) is 26.9. The first-order chi connectivity index (χ1) is 16.4. The van der Waals surface area contributed by atoms with Gasteiger partial charge in [-0.2, -0.15) is 0 Å². The Morgan fingerprint density at radius 1 is 0.486 bits per heavy atom. The van der Waals surface area contributed by atoms with E-state index in [-0.39, 0.29) is 0 Å². The predicted octanol–water partition coefficient (Wildman–Crippen LogP) is 11.2. The van der Waals surface area contributed by atoms with Crippen molar-refractivity contribution in [3.05, 3.63) is 54.6 Å². The zero-order valence-electron chi connectivity index (χ0n) is 25.6. The summed E-state index contributed by atoms with van der Waals surface area (Å²) in [7, 11) is -3.48. The van der Waals surface area contributed by atoms with Gasteiger partial charge in [0.1, 0.15) is 0 Å². The molecule has 0 amide bonds. The highest BCUT2D eigenvalue weighted by Crippen LogP contribution is 2.28. The van der Waals surface area contributed by atoms with E-state index in [1.165, 1.54) is 68.2 Å². The molecule has 0 saturated heterocycles. The van der Waals surface area contributed by atoms with Crippen LogP contribution in [0.3, 0.4) is 0 Å². The monoisotopic (exact) mass is 528 g/mol. The van der Waals surface area contributed by atoms with E-state index in [1.807, 2.05) is 0 Å². The molecule has 35 heavy (non-hydrogen) atoms. The number of rotatable bonds is 11. The first-order valence-corrected chi connectivity index (χ1v) is 25.4. The summed E-state index contributed by atoms with van der Waals surface area (Å²) in [6.07, 6.45) is 9.60. The van der Waals surface area contributed by atoms with Crippen LogP contribution in [0.4, 0.5) is 0 Å². The van der Waals surface area contributed by atoms with Gasteiger partial charge in [-0.3, -0.25) is 0 Å². The van der Waals surface area contributed by atoms with Gasteiger partial charge < -0.3 is 0 Å². The van der Waals surface area contributed by atoms with E-state index < -0.39 is 23.3 Å². The predicted molar refractivity (Wildman–Crippen MR) is 174 cm³/mol. The number of hydrogen-bond donors (Lipinski definition) is 0. The Morgan fingerprint density at radius 3 is 1.29 bits per heavy atom. The van der Waals surface area contributed by atoms with Crippen molar-refractivity contribution in [1.82, 2.24) is 0 Å². The number of benzene rings is 2. The normalized spacial score (nSPS) is 11.7. The Bertz CT molecular complexity index is 746. The molecule has 0 bridgehead atoms. The van der Waals surface area contributed by atoms with Gasteiger partial charge in [-0.15, -0.1) is 0 Å². The second kappa shape index (κ2) is 17.5. The molecule has 0 unspecified atom stereocenters. The van der Waals surface area contributed by atoms with Crippen LogP contribution in [0.2, 0.25) is 57.9 Å². The van der Waals surface area contributed by atoms with Gasteiger partial charge in [-0.25, -0.2) is 0 Å². The van der Waals surface area contributed by atoms with Crippen molar-refractivity contribution in [1.29, 1.82) is 0 Å². The maximum absolute atomic E-state index is 2.65. The third-order valence-electron chi connectivity index (χ3n) is 7.55. The van der Waals surface area contributed by atoms with Gasteiger partial charge in [0.05, 0.1) is 7.59 Å². The van der Waals surface area contributed by atoms with Crippen LogP contribution < -0.4 is 5.19 Å². The lowest BCUT2D eigenvalue weighted by atomic mass is 10.1. The molecule has 0 aromatic heterocycles. The third kappa shape index (κ3) is 13.8. The van der Waals surface area contributed by atoms with E-state index >= 15 is 0 Å². The Balaban J connectivity index is 0.000000975. The molecule has 0 N–H and O–H groups in total. The van der Waals surface area contributed by atoms with Crippen LogP contribution in [-0.4, -0.2) is 23.3 Å². The van der Waals surface area contributed by atoms with E-state index in [0.29, 0.717) is 0 Å². The van der Waals surface area contributed by atoms with Crippen molar-refractivity contribution < 1.29 is 0 Å². The molecular weight excluding hydrogens is 469 g/mol.